The maximum absolute atomic E-state index is 13.1. The van der Waals surface area contributed by atoms with E-state index >= 15 is 0 Å². The van der Waals surface area contributed by atoms with Crippen LogP contribution in [0, 0.1) is 0 Å². The fourth-order valence-electron chi connectivity index (χ4n) is 3.38. The molecule has 0 bridgehead atoms. The number of carbonyl (C=O) groups excluding carboxylic acids is 3. The maximum atomic E-state index is 13.1. The average Bonchev–Trinajstić information content (AvgIpc) is 2.84. The van der Waals surface area contributed by atoms with Crippen LogP contribution in [0.3, 0.4) is 0 Å². The first-order chi connectivity index (χ1) is 16.0. The Balaban J connectivity index is 1.68. The first-order valence-electron chi connectivity index (χ1n) is 10.9. The molecule has 0 spiro atoms. The molecule has 0 heterocycles. The van der Waals surface area contributed by atoms with Crippen molar-refractivity contribution < 1.29 is 19.1 Å². The van der Waals surface area contributed by atoms with E-state index in [0.29, 0.717) is 6.42 Å². The number of amides is 2. The van der Waals surface area contributed by atoms with Gasteiger partial charge in [0.25, 0.3) is 0 Å². The van der Waals surface area contributed by atoms with Crippen LogP contribution in [0.4, 0.5) is 4.79 Å². The zero-order valence-corrected chi connectivity index (χ0v) is 18.6. The van der Waals surface area contributed by atoms with Crippen molar-refractivity contribution in [2.75, 3.05) is 0 Å². The molecule has 3 rings (SSSR count). The number of Topliss-reactive ketones (excluding diaryl/α,β-unsaturated/α-hetero) is 1. The largest absolute Gasteiger partial charge is 0.445 e. The van der Waals surface area contributed by atoms with Crippen molar-refractivity contribution in [3.05, 3.63) is 108 Å². The second-order valence-electron chi connectivity index (χ2n) is 7.81. The van der Waals surface area contributed by atoms with Crippen LogP contribution < -0.4 is 10.6 Å². The highest BCUT2D eigenvalue weighted by Gasteiger charge is 2.26. The Morgan fingerprint density at radius 3 is 1.61 bits per heavy atom. The summed E-state index contributed by atoms with van der Waals surface area (Å²) >= 11 is 0. The van der Waals surface area contributed by atoms with Gasteiger partial charge in [0.05, 0.1) is 6.04 Å². The molecule has 0 radical (unpaired) electrons. The predicted octanol–water partition coefficient (Wildman–Crippen LogP) is 3.84. The van der Waals surface area contributed by atoms with Crippen molar-refractivity contribution in [3.63, 3.8) is 0 Å². The van der Waals surface area contributed by atoms with Gasteiger partial charge in [0, 0.05) is 6.42 Å². The number of ketones is 1. The van der Waals surface area contributed by atoms with Crippen LogP contribution in [-0.4, -0.2) is 29.9 Å². The molecule has 6 nitrogen and oxygen atoms in total. The highest BCUT2D eigenvalue weighted by molar-refractivity contribution is 5.91. The molecule has 3 aromatic carbocycles. The van der Waals surface area contributed by atoms with Crippen molar-refractivity contribution in [2.45, 2.75) is 38.5 Å². The summed E-state index contributed by atoms with van der Waals surface area (Å²) in [6.07, 6.45) is -0.0565. The molecule has 170 valence electrons. The van der Waals surface area contributed by atoms with Crippen LogP contribution in [0.25, 0.3) is 0 Å². The number of carbonyl (C=O) groups is 3. The first kappa shape index (κ1) is 23.7. The third kappa shape index (κ3) is 7.92. The smallest absolute Gasteiger partial charge is 0.408 e. The van der Waals surface area contributed by atoms with E-state index in [1.165, 1.54) is 6.92 Å². The van der Waals surface area contributed by atoms with Gasteiger partial charge in [-0.1, -0.05) is 91.0 Å². The Morgan fingerprint density at radius 1 is 0.667 bits per heavy atom. The number of hydrogen-bond acceptors (Lipinski definition) is 4. The Hall–Kier alpha value is -3.93. The predicted molar refractivity (Wildman–Crippen MR) is 126 cm³/mol. The van der Waals surface area contributed by atoms with Crippen molar-refractivity contribution >= 4 is 17.8 Å². The van der Waals surface area contributed by atoms with Gasteiger partial charge in [0.15, 0.2) is 5.78 Å². The lowest BCUT2D eigenvalue weighted by atomic mass is 10.0. The van der Waals surface area contributed by atoms with Gasteiger partial charge >= 0.3 is 6.09 Å². The molecule has 2 amide bonds. The molecule has 6 heteroatoms. The van der Waals surface area contributed by atoms with E-state index in [2.05, 4.69) is 10.6 Å². The normalized spacial score (nSPS) is 12.3. The lowest BCUT2D eigenvalue weighted by Gasteiger charge is -2.22. The van der Waals surface area contributed by atoms with Gasteiger partial charge in [0.2, 0.25) is 5.91 Å². The second kappa shape index (κ2) is 12.2. The van der Waals surface area contributed by atoms with Gasteiger partial charge < -0.3 is 15.4 Å². The van der Waals surface area contributed by atoms with Gasteiger partial charge in [0.1, 0.15) is 12.6 Å². The molecule has 2 atom stereocenters. The van der Waals surface area contributed by atoms with E-state index in [4.69, 9.17) is 4.74 Å². The molecule has 0 aliphatic heterocycles. The number of ether oxygens (including phenoxy) is 1. The third-order valence-corrected chi connectivity index (χ3v) is 5.19. The molecule has 0 aliphatic rings. The summed E-state index contributed by atoms with van der Waals surface area (Å²) < 4.78 is 5.30. The van der Waals surface area contributed by atoms with Crippen LogP contribution in [-0.2, 0) is 33.8 Å². The minimum absolute atomic E-state index is 0.0937. The third-order valence-electron chi connectivity index (χ3n) is 5.19. The highest BCUT2D eigenvalue weighted by Crippen LogP contribution is 2.08. The van der Waals surface area contributed by atoms with Crippen LogP contribution >= 0.6 is 0 Å². The highest BCUT2D eigenvalue weighted by atomic mass is 16.5. The molecule has 0 fully saturated rings. The molecule has 0 aromatic heterocycles. The second-order valence-corrected chi connectivity index (χ2v) is 7.81. The summed E-state index contributed by atoms with van der Waals surface area (Å²) in [6.45, 7) is 1.54. The summed E-state index contributed by atoms with van der Waals surface area (Å²) in [5.74, 6) is -0.594. The average molecular weight is 445 g/mol. The van der Waals surface area contributed by atoms with Gasteiger partial charge in [-0.3, -0.25) is 9.59 Å². The van der Waals surface area contributed by atoms with Gasteiger partial charge in [-0.05, 0) is 30.0 Å². The molecule has 3 aromatic rings. The fraction of sp³-hybridized carbons (Fsp3) is 0.222. The van der Waals surface area contributed by atoms with Gasteiger partial charge in [-0.15, -0.1) is 0 Å². The molecule has 1 unspecified atom stereocenters. The zero-order chi connectivity index (χ0) is 23.5. The van der Waals surface area contributed by atoms with Crippen LogP contribution in [0.2, 0.25) is 0 Å². The molecular formula is C27H28N2O4. The van der Waals surface area contributed by atoms with E-state index < -0.39 is 24.1 Å². The SMILES string of the molecule is CC(=O)C(Cc1ccccc1)NC(=O)[C@@H](Cc1ccccc1)NC(=O)OCc1ccccc1. The maximum Gasteiger partial charge on any atom is 0.408 e. The summed E-state index contributed by atoms with van der Waals surface area (Å²) in [7, 11) is 0. The van der Waals surface area contributed by atoms with Crippen LogP contribution in [0.5, 0.6) is 0 Å². The number of rotatable bonds is 10. The van der Waals surface area contributed by atoms with E-state index in [0.717, 1.165) is 16.7 Å². The Kier molecular flexibility index (Phi) is 8.77. The monoisotopic (exact) mass is 444 g/mol. The molecule has 0 aliphatic carbocycles. The minimum Gasteiger partial charge on any atom is -0.445 e. The van der Waals surface area contributed by atoms with E-state index in [-0.39, 0.29) is 18.8 Å². The number of alkyl carbamates (subject to hydrolysis) is 1. The van der Waals surface area contributed by atoms with Gasteiger partial charge in [-0.2, -0.15) is 0 Å². The molecule has 2 N–H and O–H groups in total. The van der Waals surface area contributed by atoms with E-state index in [9.17, 15) is 14.4 Å². The summed E-state index contributed by atoms with van der Waals surface area (Å²) in [6, 6.07) is 26.6. The zero-order valence-electron chi connectivity index (χ0n) is 18.6. The van der Waals surface area contributed by atoms with Gasteiger partial charge in [-0.25, -0.2) is 4.79 Å². The molecule has 0 saturated heterocycles. The Labute approximate surface area is 194 Å². The lowest BCUT2D eigenvalue weighted by Crippen LogP contribution is -2.52. The fourth-order valence-corrected chi connectivity index (χ4v) is 3.38. The standard InChI is InChI=1S/C27H28N2O4/c1-20(30)24(17-21-11-5-2-6-12-21)28-26(31)25(18-22-13-7-3-8-14-22)29-27(32)33-19-23-15-9-4-10-16-23/h2-16,24-25H,17-19H2,1H3,(H,28,31)(H,29,32)/t24?,25-/m1/s1. The number of benzene rings is 3. The quantitative estimate of drug-likeness (QED) is 0.498. The topological polar surface area (TPSA) is 84.5 Å². The van der Waals surface area contributed by atoms with Crippen LogP contribution in [0.15, 0.2) is 91.0 Å². The summed E-state index contributed by atoms with van der Waals surface area (Å²) in [5, 5.41) is 5.46. The Morgan fingerprint density at radius 2 is 1.12 bits per heavy atom. The molecule has 0 saturated carbocycles. The van der Waals surface area contributed by atoms with E-state index in [1.807, 2.05) is 91.0 Å². The number of hydrogen-bond donors (Lipinski definition) is 2. The first-order valence-corrected chi connectivity index (χ1v) is 10.9. The van der Waals surface area contributed by atoms with Crippen LogP contribution in [0.1, 0.15) is 23.6 Å². The number of nitrogens with one attached hydrogen (secondary N) is 2. The molecule has 33 heavy (non-hydrogen) atoms. The summed E-state index contributed by atoms with van der Waals surface area (Å²) in [4.78, 5) is 37.8. The lowest BCUT2D eigenvalue weighted by molar-refractivity contribution is -0.128. The van der Waals surface area contributed by atoms with Crippen molar-refractivity contribution in [3.8, 4) is 0 Å². The Bertz CT molecular complexity index is 1040. The molecular weight excluding hydrogens is 416 g/mol. The summed E-state index contributed by atoms with van der Waals surface area (Å²) in [5.41, 5.74) is 2.66. The van der Waals surface area contributed by atoms with Crippen molar-refractivity contribution in [1.29, 1.82) is 0 Å². The minimum atomic E-state index is -0.895. The van der Waals surface area contributed by atoms with Crippen molar-refractivity contribution in [2.24, 2.45) is 0 Å². The van der Waals surface area contributed by atoms with Crippen molar-refractivity contribution in [1.82, 2.24) is 10.6 Å². The van der Waals surface area contributed by atoms with E-state index in [1.54, 1.807) is 0 Å².